The standard InChI is InChI=1S/C3H7N.C3H6O.C2H6.H3N/c2*1-3(2)4;1-2;/h4H,1-2H3;4H,1H2,2H3;1-2H3;1H3. The molecule has 0 atom stereocenters. The minimum absolute atomic E-state index is 0. The van der Waals surface area contributed by atoms with Crippen LogP contribution in [0.15, 0.2) is 12.3 Å². The molecule has 0 bridgehead atoms. The van der Waals surface area contributed by atoms with Crippen LogP contribution in [0.2, 0.25) is 0 Å². The lowest BCUT2D eigenvalue weighted by molar-refractivity contribution is 0.417. The Balaban J connectivity index is -0.0000000339. The van der Waals surface area contributed by atoms with Gasteiger partial charge < -0.3 is 16.7 Å². The molecule has 0 spiro atoms. The number of allylic oxidation sites excluding steroid dienone is 1. The lowest BCUT2D eigenvalue weighted by Crippen LogP contribution is -1.67. The van der Waals surface area contributed by atoms with Crippen molar-refractivity contribution in [2.75, 3.05) is 0 Å². The molecule has 0 amide bonds. The summed E-state index contributed by atoms with van der Waals surface area (Å²) in [4.78, 5) is 0. The minimum atomic E-state index is 0. The Morgan fingerprint density at radius 2 is 1.18 bits per heavy atom. The number of hydrogen-bond acceptors (Lipinski definition) is 3. The van der Waals surface area contributed by atoms with E-state index in [0.717, 1.165) is 0 Å². The summed E-state index contributed by atoms with van der Waals surface area (Å²) < 4.78 is 0. The normalized spacial score (nSPS) is 5.18. The van der Waals surface area contributed by atoms with Gasteiger partial charge in [0.25, 0.3) is 0 Å². The Morgan fingerprint density at radius 1 is 1.18 bits per heavy atom. The summed E-state index contributed by atoms with van der Waals surface area (Å²) in [6, 6.07) is 0. The molecule has 0 saturated heterocycles. The second-order valence-electron chi connectivity index (χ2n) is 1.74. The fraction of sp³-hybridized carbons (Fsp3) is 0.625. The Kier molecular flexibility index (Phi) is 46.8. The third-order valence-electron chi connectivity index (χ3n) is 0. The molecule has 0 saturated carbocycles. The van der Waals surface area contributed by atoms with E-state index in [4.69, 9.17) is 10.5 Å². The van der Waals surface area contributed by atoms with Crippen molar-refractivity contribution in [1.82, 2.24) is 6.15 Å². The maximum Gasteiger partial charge on any atom is 0.0820 e. The first-order chi connectivity index (χ1) is 4.46. The number of hydrogen-bond donors (Lipinski definition) is 3. The highest BCUT2D eigenvalue weighted by molar-refractivity contribution is 5.75. The molecule has 0 fully saturated rings. The lowest BCUT2D eigenvalue weighted by Gasteiger charge is -1.68. The lowest BCUT2D eigenvalue weighted by atomic mass is 10.5. The number of nitrogens with one attached hydrogen (secondary N) is 1. The van der Waals surface area contributed by atoms with Crippen molar-refractivity contribution < 1.29 is 5.11 Å². The molecule has 0 aliphatic rings. The van der Waals surface area contributed by atoms with Crippen LogP contribution in [-0.4, -0.2) is 10.8 Å². The Morgan fingerprint density at radius 3 is 1.18 bits per heavy atom. The van der Waals surface area contributed by atoms with E-state index in [0.29, 0.717) is 5.71 Å². The Hall–Kier alpha value is -0.830. The van der Waals surface area contributed by atoms with Gasteiger partial charge in [-0.25, -0.2) is 0 Å². The first kappa shape index (κ1) is 22.5. The molecule has 5 N–H and O–H groups in total. The molecule has 0 rings (SSSR count). The molecule has 3 nitrogen and oxygen atoms in total. The van der Waals surface area contributed by atoms with Gasteiger partial charge in [-0.2, -0.15) is 0 Å². The summed E-state index contributed by atoms with van der Waals surface area (Å²) in [6.07, 6.45) is 0. The summed E-state index contributed by atoms with van der Waals surface area (Å²) in [5, 5.41) is 14.4. The van der Waals surface area contributed by atoms with Crippen molar-refractivity contribution in [3.8, 4) is 0 Å². The summed E-state index contributed by atoms with van der Waals surface area (Å²) >= 11 is 0. The Bertz CT molecular complexity index is 70.1. The number of aliphatic hydroxyl groups excluding tert-OH is 1. The minimum Gasteiger partial charge on any atom is -0.513 e. The average molecular weight is 162 g/mol. The molecule has 0 aliphatic heterocycles. The van der Waals surface area contributed by atoms with Crippen LogP contribution in [0.4, 0.5) is 0 Å². The van der Waals surface area contributed by atoms with E-state index < -0.39 is 0 Å². The molecular weight excluding hydrogens is 140 g/mol. The summed E-state index contributed by atoms with van der Waals surface area (Å²) in [7, 11) is 0. The SMILES string of the molecule is C=C(C)O.CC.CC(C)=N.N. The van der Waals surface area contributed by atoms with Crippen molar-refractivity contribution in [3.63, 3.8) is 0 Å². The molecule has 11 heavy (non-hydrogen) atoms. The highest BCUT2D eigenvalue weighted by Crippen LogP contribution is 1.66. The zero-order valence-corrected chi connectivity index (χ0v) is 8.36. The quantitative estimate of drug-likeness (QED) is 0.377. The topological polar surface area (TPSA) is 79.1 Å². The van der Waals surface area contributed by atoms with E-state index in [-0.39, 0.29) is 11.9 Å². The summed E-state index contributed by atoms with van der Waals surface area (Å²) in [6.45, 7) is 12.1. The molecule has 0 radical (unpaired) electrons. The maximum atomic E-state index is 7.86. The second kappa shape index (κ2) is 22.9. The zero-order chi connectivity index (χ0) is 9.15. The van der Waals surface area contributed by atoms with Gasteiger partial charge in [0.2, 0.25) is 0 Å². The monoisotopic (exact) mass is 162 g/mol. The van der Waals surface area contributed by atoms with Crippen molar-refractivity contribution in [1.29, 1.82) is 5.41 Å². The predicted molar refractivity (Wildman–Crippen MR) is 52.9 cm³/mol. The highest BCUT2D eigenvalue weighted by Gasteiger charge is 1.55. The van der Waals surface area contributed by atoms with E-state index in [1.807, 2.05) is 13.8 Å². The molecular formula is C8H22N2O. The van der Waals surface area contributed by atoms with Gasteiger partial charge in [-0.3, -0.25) is 0 Å². The third-order valence-corrected chi connectivity index (χ3v) is 0. The predicted octanol–water partition coefficient (Wildman–Crippen LogP) is 3.31. The van der Waals surface area contributed by atoms with Crippen LogP contribution in [0, 0.1) is 5.41 Å². The van der Waals surface area contributed by atoms with Gasteiger partial charge in [-0.1, -0.05) is 20.4 Å². The van der Waals surface area contributed by atoms with Gasteiger partial charge in [-0.05, 0) is 20.8 Å². The number of aliphatic hydroxyl groups is 1. The van der Waals surface area contributed by atoms with Gasteiger partial charge in [0.1, 0.15) is 0 Å². The van der Waals surface area contributed by atoms with Crippen molar-refractivity contribution in [2.24, 2.45) is 0 Å². The summed E-state index contributed by atoms with van der Waals surface area (Å²) in [5.74, 6) is 0.167. The van der Waals surface area contributed by atoms with Crippen LogP contribution in [0.5, 0.6) is 0 Å². The smallest absolute Gasteiger partial charge is 0.0820 e. The molecule has 70 valence electrons. The second-order valence-corrected chi connectivity index (χ2v) is 1.74. The largest absolute Gasteiger partial charge is 0.513 e. The van der Waals surface area contributed by atoms with Crippen LogP contribution in [-0.2, 0) is 0 Å². The molecule has 0 heterocycles. The van der Waals surface area contributed by atoms with Gasteiger partial charge >= 0.3 is 0 Å². The van der Waals surface area contributed by atoms with Crippen LogP contribution in [0.1, 0.15) is 34.6 Å². The third kappa shape index (κ3) is 684. The molecule has 0 aromatic heterocycles. The van der Waals surface area contributed by atoms with Gasteiger partial charge in [-0.15, -0.1) is 0 Å². The number of rotatable bonds is 0. The van der Waals surface area contributed by atoms with Gasteiger partial charge in [0.15, 0.2) is 0 Å². The van der Waals surface area contributed by atoms with Crippen LogP contribution in [0.3, 0.4) is 0 Å². The van der Waals surface area contributed by atoms with E-state index in [9.17, 15) is 0 Å². The first-order valence-electron chi connectivity index (χ1n) is 3.33. The molecule has 0 aliphatic carbocycles. The molecule has 0 aromatic rings. The summed E-state index contributed by atoms with van der Waals surface area (Å²) in [5.41, 5.74) is 0.667. The Labute approximate surface area is 70.2 Å². The molecule has 3 heteroatoms. The maximum absolute atomic E-state index is 7.86. The van der Waals surface area contributed by atoms with Crippen molar-refractivity contribution in [3.05, 3.63) is 12.3 Å². The highest BCUT2D eigenvalue weighted by atomic mass is 16.3. The molecule has 0 aromatic carbocycles. The van der Waals surface area contributed by atoms with Crippen LogP contribution < -0.4 is 6.15 Å². The van der Waals surface area contributed by atoms with E-state index in [1.165, 1.54) is 6.92 Å². The van der Waals surface area contributed by atoms with Crippen LogP contribution >= 0.6 is 0 Å². The van der Waals surface area contributed by atoms with E-state index in [1.54, 1.807) is 13.8 Å². The fourth-order valence-electron chi connectivity index (χ4n) is 0. The fourth-order valence-corrected chi connectivity index (χ4v) is 0. The zero-order valence-electron chi connectivity index (χ0n) is 8.36. The van der Waals surface area contributed by atoms with Crippen molar-refractivity contribution in [2.45, 2.75) is 34.6 Å². The average Bonchev–Trinajstić information content (AvgIpc) is 1.66. The van der Waals surface area contributed by atoms with E-state index in [2.05, 4.69) is 6.58 Å². The van der Waals surface area contributed by atoms with Crippen molar-refractivity contribution >= 4 is 5.71 Å². The van der Waals surface area contributed by atoms with E-state index >= 15 is 0 Å². The van der Waals surface area contributed by atoms with Gasteiger partial charge in [0, 0.05) is 5.71 Å². The first-order valence-corrected chi connectivity index (χ1v) is 3.33. The molecule has 0 unspecified atom stereocenters. The van der Waals surface area contributed by atoms with Crippen LogP contribution in [0.25, 0.3) is 0 Å². The van der Waals surface area contributed by atoms with Gasteiger partial charge in [0.05, 0.1) is 5.76 Å².